The highest BCUT2D eigenvalue weighted by Crippen LogP contribution is 2.28. The van der Waals surface area contributed by atoms with E-state index in [0.29, 0.717) is 6.07 Å². The number of rotatable bonds is 4. The van der Waals surface area contributed by atoms with Crippen molar-refractivity contribution in [3.8, 4) is 0 Å². The van der Waals surface area contributed by atoms with Crippen molar-refractivity contribution in [3.05, 3.63) is 40.6 Å². The summed E-state index contributed by atoms with van der Waals surface area (Å²) in [6.45, 7) is -0.577. The number of aromatic amines is 1. The molecule has 6 nitrogen and oxygen atoms in total. The van der Waals surface area contributed by atoms with E-state index in [0.717, 1.165) is 12.3 Å². The highest BCUT2D eigenvalue weighted by Gasteiger charge is 2.23. The van der Waals surface area contributed by atoms with Gasteiger partial charge in [-0.2, -0.15) is 13.5 Å². The Morgan fingerprint density at radius 3 is 2.70 bits per heavy atom. The van der Waals surface area contributed by atoms with Crippen LogP contribution >= 0.6 is 11.6 Å². The van der Waals surface area contributed by atoms with Gasteiger partial charge in [-0.15, -0.1) is 0 Å². The molecule has 0 saturated heterocycles. The molecule has 0 unspecified atom stereocenters. The third kappa shape index (κ3) is 2.74. The topological polar surface area (TPSA) is 95.1 Å². The van der Waals surface area contributed by atoms with Crippen LogP contribution in [0.5, 0.6) is 0 Å². The molecule has 0 aliphatic heterocycles. The SMILES string of the molecule is O=S(=O)(Nc1c(F)cc(F)cc1Cl)c1[nH]ncc1CO. The molecule has 2 rings (SSSR count). The van der Waals surface area contributed by atoms with Gasteiger partial charge in [0, 0.05) is 11.6 Å². The molecule has 3 N–H and O–H groups in total. The van der Waals surface area contributed by atoms with Crippen LogP contribution in [-0.2, 0) is 16.6 Å². The number of sulfonamides is 1. The number of anilines is 1. The van der Waals surface area contributed by atoms with Crippen molar-refractivity contribution in [2.24, 2.45) is 0 Å². The lowest BCUT2D eigenvalue weighted by molar-refractivity contribution is 0.278. The molecule has 0 aliphatic carbocycles. The smallest absolute Gasteiger partial charge is 0.279 e. The maximum atomic E-state index is 13.5. The molecule has 0 radical (unpaired) electrons. The summed E-state index contributed by atoms with van der Waals surface area (Å²) in [6.07, 6.45) is 1.11. The van der Waals surface area contributed by atoms with E-state index in [1.807, 2.05) is 4.72 Å². The summed E-state index contributed by atoms with van der Waals surface area (Å²) in [5, 5.41) is 13.8. The number of hydrogen-bond donors (Lipinski definition) is 3. The second kappa shape index (κ2) is 5.35. The number of hydrogen-bond acceptors (Lipinski definition) is 4. The molecular formula is C10H8ClF2N3O3S. The van der Waals surface area contributed by atoms with Gasteiger partial charge < -0.3 is 5.11 Å². The fourth-order valence-electron chi connectivity index (χ4n) is 1.47. The van der Waals surface area contributed by atoms with Crippen LogP contribution in [0, 0.1) is 11.6 Å². The number of aliphatic hydroxyl groups is 1. The maximum Gasteiger partial charge on any atom is 0.279 e. The molecule has 1 aromatic carbocycles. The van der Waals surface area contributed by atoms with Gasteiger partial charge >= 0.3 is 0 Å². The summed E-state index contributed by atoms with van der Waals surface area (Å²) in [7, 11) is -4.25. The molecule has 0 saturated carbocycles. The number of nitrogens with zero attached hydrogens (tertiary/aromatic N) is 1. The van der Waals surface area contributed by atoms with Crippen LogP contribution in [-0.4, -0.2) is 23.7 Å². The summed E-state index contributed by atoms with van der Waals surface area (Å²) in [5.41, 5.74) is -0.595. The van der Waals surface area contributed by atoms with E-state index in [9.17, 15) is 17.2 Å². The van der Waals surface area contributed by atoms with Crippen LogP contribution < -0.4 is 4.72 Å². The lowest BCUT2D eigenvalue weighted by Crippen LogP contribution is -2.16. The van der Waals surface area contributed by atoms with Gasteiger partial charge in [-0.1, -0.05) is 11.6 Å². The number of nitrogens with one attached hydrogen (secondary N) is 2. The molecule has 20 heavy (non-hydrogen) atoms. The maximum absolute atomic E-state index is 13.5. The van der Waals surface area contributed by atoms with E-state index < -0.39 is 44.0 Å². The van der Waals surface area contributed by atoms with E-state index >= 15 is 0 Å². The lowest BCUT2D eigenvalue weighted by atomic mass is 10.3. The van der Waals surface area contributed by atoms with Crippen molar-refractivity contribution in [1.82, 2.24) is 10.2 Å². The Hall–Kier alpha value is -1.71. The third-order valence-corrected chi connectivity index (χ3v) is 4.02. The van der Waals surface area contributed by atoms with E-state index in [2.05, 4.69) is 10.2 Å². The molecule has 0 atom stereocenters. The van der Waals surface area contributed by atoms with Gasteiger partial charge in [0.25, 0.3) is 10.0 Å². The first-order valence-corrected chi connectivity index (χ1v) is 7.01. The van der Waals surface area contributed by atoms with Gasteiger partial charge in [-0.05, 0) is 6.07 Å². The molecule has 0 aliphatic rings. The van der Waals surface area contributed by atoms with Gasteiger partial charge in [0.2, 0.25) is 0 Å². The summed E-state index contributed by atoms with van der Waals surface area (Å²) in [5.74, 6) is -2.10. The Labute approximate surface area is 117 Å². The highest BCUT2D eigenvalue weighted by atomic mass is 35.5. The zero-order valence-electron chi connectivity index (χ0n) is 9.69. The van der Waals surface area contributed by atoms with Crippen molar-refractivity contribution in [2.75, 3.05) is 4.72 Å². The quantitative estimate of drug-likeness (QED) is 0.797. The van der Waals surface area contributed by atoms with Crippen molar-refractivity contribution >= 4 is 27.3 Å². The minimum absolute atomic E-state index is 0.00357. The normalized spacial score (nSPS) is 11.6. The molecule has 108 valence electrons. The summed E-state index contributed by atoms with van der Waals surface area (Å²) >= 11 is 5.59. The fourth-order valence-corrected chi connectivity index (χ4v) is 2.98. The van der Waals surface area contributed by atoms with Gasteiger partial charge in [-0.3, -0.25) is 9.82 Å². The molecule has 1 heterocycles. The first-order valence-electron chi connectivity index (χ1n) is 5.15. The summed E-state index contributed by atoms with van der Waals surface area (Å²) < 4.78 is 52.3. The van der Waals surface area contributed by atoms with Crippen molar-refractivity contribution in [2.45, 2.75) is 11.6 Å². The molecule has 2 aromatic rings. The third-order valence-electron chi connectivity index (χ3n) is 2.36. The zero-order valence-corrected chi connectivity index (χ0v) is 11.3. The van der Waals surface area contributed by atoms with Crippen LogP contribution in [0.1, 0.15) is 5.56 Å². The van der Waals surface area contributed by atoms with E-state index in [1.165, 1.54) is 0 Å². The van der Waals surface area contributed by atoms with Crippen LogP contribution in [0.25, 0.3) is 0 Å². The average molecular weight is 324 g/mol. The molecule has 10 heteroatoms. The summed E-state index contributed by atoms with van der Waals surface area (Å²) in [6, 6.07) is 1.26. The monoisotopic (exact) mass is 323 g/mol. The molecule has 0 amide bonds. The molecular weight excluding hydrogens is 316 g/mol. The van der Waals surface area contributed by atoms with Gasteiger partial charge in [0.15, 0.2) is 10.8 Å². The van der Waals surface area contributed by atoms with Crippen LogP contribution in [0.3, 0.4) is 0 Å². The minimum atomic E-state index is -4.25. The Balaban J connectivity index is 2.44. The zero-order chi connectivity index (χ0) is 14.9. The fraction of sp³-hybridized carbons (Fsp3) is 0.100. The average Bonchev–Trinajstić information content (AvgIpc) is 2.83. The number of aliphatic hydroxyl groups excluding tert-OH is 1. The van der Waals surface area contributed by atoms with E-state index in [4.69, 9.17) is 16.7 Å². The van der Waals surface area contributed by atoms with Crippen LogP contribution in [0.4, 0.5) is 14.5 Å². The Bertz CT molecular complexity index is 725. The number of aromatic nitrogens is 2. The van der Waals surface area contributed by atoms with Gasteiger partial charge in [0.05, 0.1) is 17.8 Å². The van der Waals surface area contributed by atoms with Crippen molar-refractivity contribution in [1.29, 1.82) is 0 Å². The standard InChI is InChI=1S/C10H8ClF2N3O3S/c11-7-1-6(12)2-8(13)9(7)16-20(18,19)10-5(4-17)3-14-15-10/h1-3,16-17H,4H2,(H,14,15). The number of benzene rings is 1. The predicted molar refractivity (Wildman–Crippen MR) is 66.7 cm³/mol. The largest absolute Gasteiger partial charge is 0.392 e. The minimum Gasteiger partial charge on any atom is -0.392 e. The molecule has 0 spiro atoms. The van der Waals surface area contributed by atoms with E-state index in [-0.39, 0.29) is 5.56 Å². The molecule has 1 aromatic heterocycles. The first kappa shape index (κ1) is 14.7. The first-order chi connectivity index (χ1) is 9.35. The number of halogens is 3. The van der Waals surface area contributed by atoms with Gasteiger partial charge in [0.1, 0.15) is 11.5 Å². The van der Waals surface area contributed by atoms with Gasteiger partial charge in [-0.25, -0.2) is 8.78 Å². The van der Waals surface area contributed by atoms with Crippen molar-refractivity contribution in [3.63, 3.8) is 0 Å². The Morgan fingerprint density at radius 2 is 2.10 bits per heavy atom. The Kier molecular flexibility index (Phi) is 3.93. The van der Waals surface area contributed by atoms with Crippen LogP contribution in [0.15, 0.2) is 23.4 Å². The molecule has 0 fully saturated rings. The van der Waals surface area contributed by atoms with E-state index in [1.54, 1.807) is 0 Å². The second-order valence-corrected chi connectivity index (χ2v) is 5.76. The van der Waals surface area contributed by atoms with Crippen molar-refractivity contribution < 1.29 is 22.3 Å². The lowest BCUT2D eigenvalue weighted by Gasteiger charge is -2.10. The van der Waals surface area contributed by atoms with Crippen LogP contribution in [0.2, 0.25) is 5.02 Å². The molecule has 0 bridgehead atoms. The number of H-pyrrole nitrogens is 1. The predicted octanol–water partition coefficient (Wildman–Crippen LogP) is 1.63. The second-order valence-electron chi connectivity index (χ2n) is 3.73. The summed E-state index contributed by atoms with van der Waals surface area (Å²) in [4.78, 5) is 0. The highest BCUT2D eigenvalue weighted by molar-refractivity contribution is 7.92. The Morgan fingerprint density at radius 1 is 1.40 bits per heavy atom.